The number of ether oxygens (including phenoxy) is 6. The molecule has 0 radical (unpaired) electrons. The van der Waals surface area contributed by atoms with Crippen molar-refractivity contribution in [3.8, 4) is 0 Å². The molecule has 11 unspecified atom stereocenters. The molecule has 2 fully saturated rings. The molecule has 342 valence electrons. The molecule has 0 amide bonds. The molecule has 7 N–H and O–H groups in total. The molecule has 2 aliphatic heterocycles. The summed E-state index contributed by atoms with van der Waals surface area (Å²) < 4.78 is 33.9. The summed E-state index contributed by atoms with van der Waals surface area (Å²) in [5.74, 6) is -0.393. The molecule has 0 aromatic rings. The first-order chi connectivity index (χ1) is 28.1. The predicted octanol–water partition coefficient (Wildman–Crippen LogP) is 5.12. The maximum Gasteiger partial charge on any atom is 0.306 e. The number of carbonyl (C=O) groups excluding carboxylic acids is 1. The van der Waals surface area contributed by atoms with E-state index in [9.17, 15) is 40.5 Å². The number of hydrogen-bond donors (Lipinski definition) is 7. The molecule has 0 spiro atoms. The van der Waals surface area contributed by atoms with E-state index in [0.29, 0.717) is 13.0 Å². The first-order valence-electron chi connectivity index (χ1n) is 22.8. The van der Waals surface area contributed by atoms with E-state index in [4.69, 9.17) is 28.4 Å². The van der Waals surface area contributed by atoms with Crippen LogP contribution >= 0.6 is 0 Å². The zero-order valence-corrected chi connectivity index (χ0v) is 35.8. The highest BCUT2D eigenvalue weighted by molar-refractivity contribution is 5.69. The highest BCUT2D eigenvalue weighted by Gasteiger charge is 2.47. The van der Waals surface area contributed by atoms with Crippen LogP contribution in [0.4, 0.5) is 0 Å². The molecule has 0 saturated carbocycles. The summed E-state index contributed by atoms with van der Waals surface area (Å²) in [6.07, 6.45) is 15.0. The van der Waals surface area contributed by atoms with E-state index in [1.807, 2.05) is 0 Å². The van der Waals surface area contributed by atoms with Gasteiger partial charge in [-0.1, -0.05) is 129 Å². The lowest BCUT2D eigenvalue weighted by Gasteiger charge is -2.42. The largest absolute Gasteiger partial charge is 0.457 e. The van der Waals surface area contributed by atoms with Crippen molar-refractivity contribution >= 4 is 5.97 Å². The Hall–Kier alpha value is -1.27. The Morgan fingerprint density at radius 3 is 1.57 bits per heavy atom. The Bertz CT molecular complexity index is 1020. The smallest absolute Gasteiger partial charge is 0.306 e. The van der Waals surface area contributed by atoms with Gasteiger partial charge >= 0.3 is 5.97 Å². The molecular weight excluding hydrogens is 752 g/mol. The summed E-state index contributed by atoms with van der Waals surface area (Å²) in [7, 11) is 0. The first kappa shape index (κ1) is 52.9. The fourth-order valence-corrected chi connectivity index (χ4v) is 7.22. The third kappa shape index (κ3) is 22.0. The molecule has 58 heavy (non-hydrogen) atoms. The van der Waals surface area contributed by atoms with Gasteiger partial charge in [-0.25, -0.2) is 0 Å². The van der Waals surface area contributed by atoms with Crippen LogP contribution in [-0.2, 0) is 33.2 Å². The third-order valence-electron chi connectivity index (χ3n) is 11.0. The van der Waals surface area contributed by atoms with Gasteiger partial charge in [0, 0.05) is 13.0 Å². The van der Waals surface area contributed by atoms with Gasteiger partial charge in [0.2, 0.25) is 0 Å². The lowest BCUT2D eigenvalue weighted by molar-refractivity contribution is -0.332. The van der Waals surface area contributed by atoms with Crippen LogP contribution in [0.1, 0.15) is 162 Å². The van der Waals surface area contributed by atoms with Crippen LogP contribution in [0.3, 0.4) is 0 Å². The molecule has 0 aromatic carbocycles. The number of aliphatic hydroxyl groups is 7. The van der Waals surface area contributed by atoms with Crippen LogP contribution in [0, 0.1) is 0 Å². The minimum absolute atomic E-state index is 0.0628. The molecular formula is C44H82O14. The van der Waals surface area contributed by atoms with Crippen molar-refractivity contribution in [2.45, 2.75) is 229 Å². The monoisotopic (exact) mass is 835 g/mol. The normalized spacial score (nSPS) is 28.3. The van der Waals surface area contributed by atoms with E-state index in [-0.39, 0.29) is 19.6 Å². The maximum absolute atomic E-state index is 12.7. The topological polar surface area (TPSA) is 214 Å². The molecule has 14 nitrogen and oxygen atoms in total. The lowest BCUT2D eigenvalue weighted by Crippen LogP contribution is -2.61. The SMILES string of the molecule is CCCCCCCC/C=C\CCCCCCCCCCCCOCC(COC1OC(COC2OC(CO)C(O)C(O)C2O)C(O)C(O)C1O)OC(=O)CCCCCC. The Balaban J connectivity index is 1.68. The number of unbranched alkanes of at least 4 members (excludes halogenated alkanes) is 19. The molecule has 11 atom stereocenters. The van der Waals surface area contributed by atoms with Gasteiger partial charge in [-0.3, -0.25) is 4.79 Å². The van der Waals surface area contributed by atoms with Crippen molar-refractivity contribution in [1.29, 1.82) is 0 Å². The van der Waals surface area contributed by atoms with Gasteiger partial charge in [-0.05, 0) is 38.5 Å². The van der Waals surface area contributed by atoms with E-state index in [2.05, 4.69) is 26.0 Å². The second-order valence-corrected chi connectivity index (χ2v) is 16.2. The number of esters is 1. The highest BCUT2D eigenvalue weighted by atomic mass is 16.7. The first-order valence-corrected chi connectivity index (χ1v) is 22.8. The van der Waals surface area contributed by atoms with E-state index >= 15 is 0 Å². The maximum atomic E-state index is 12.7. The summed E-state index contributed by atoms with van der Waals surface area (Å²) in [5.41, 5.74) is 0. The molecule has 0 aliphatic carbocycles. The van der Waals surface area contributed by atoms with E-state index in [1.54, 1.807) is 0 Å². The highest BCUT2D eigenvalue weighted by Crippen LogP contribution is 2.26. The number of rotatable bonds is 35. The van der Waals surface area contributed by atoms with Crippen LogP contribution in [-0.4, -0.2) is 142 Å². The van der Waals surface area contributed by atoms with Crippen molar-refractivity contribution in [3.05, 3.63) is 12.2 Å². The molecule has 0 bridgehead atoms. The van der Waals surface area contributed by atoms with E-state index in [1.165, 1.54) is 96.3 Å². The summed E-state index contributed by atoms with van der Waals surface area (Å²) in [5, 5.41) is 71.6. The minimum atomic E-state index is -1.70. The van der Waals surface area contributed by atoms with Gasteiger partial charge < -0.3 is 64.2 Å². The fourth-order valence-electron chi connectivity index (χ4n) is 7.22. The predicted molar refractivity (Wildman–Crippen MR) is 220 cm³/mol. The molecule has 0 aromatic heterocycles. The van der Waals surface area contributed by atoms with Gasteiger partial charge in [0.25, 0.3) is 0 Å². The van der Waals surface area contributed by atoms with E-state index < -0.39 is 86.7 Å². The summed E-state index contributed by atoms with van der Waals surface area (Å²) in [6, 6.07) is 0. The molecule has 14 heteroatoms. The van der Waals surface area contributed by atoms with Crippen LogP contribution in [0.5, 0.6) is 0 Å². The summed E-state index contributed by atoms with van der Waals surface area (Å²) in [4.78, 5) is 12.7. The quantitative estimate of drug-likeness (QED) is 0.0251. The van der Waals surface area contributed by atoms with Crippen molar-refractivity contribution in [3.63, 3.8) is 0 Å². The minimum Gasteiger partial charge on any atom is -0.457 e. The van der Waals surface area contributed by atoms with Crippen LogP contribution in [0.15, 0.2) is 12.2 Å². The Morgan fingerprint density at radius 1 is 0.552 bits per heavy atom. The van der Waals surface area contributed by atoms with Gasteiger partial charge in [0.05, 0.1) is 26.4 Å². The van der Waals surface area contributed by atoms with Gasteiger partial charge in [-0.15, -0.1) is 0 Å². The number of hydrogen-bond acceptors (Lipinski definition) is 14. The van der Waals surface area contributed by atoms with Crippen LogP contribution in [0.2, 0.25) is 0 Å². The lowest BCUT2D eigenvalue weighted by atomic mass is 9.98. The standard InChI is InChI=1S/C44H82O14/c1-3-5-7-9-10-11-12-13-14-15-16-17-18-19-20-21-22-23-24-26-28-53-30-33(56-36(46)27-25-8-6-4-2)31-54-43-42(52)40(50)38(48)35(58-43)32-55-44-41(51)39(49)37(47)34(29-45)57-44/h13-14,33-35,37-45,47-52H,3-12,15-32H2,1-2H3/b14-13-. The van der Waals surface area contributed by atoms with Gasteiger partial charge in [0.15, 0.2) is 12.6 Å². The van der Waals surface area contributed by atoms with E-state index in [0.717, 1.165) is 38.5 Å². The second-order valence-electron chi connectivity index (χ2n) is 16.2. The number of aliphatic hydroxyl groups excluding tert-OH is 7. The zero-order chi connectivity index (χ0) is 42.4. The summed E-state index contributed by atoms with van der Waals surface area (Å²) >= 11 is 0. The fraction of sp³-hybridized carbons (Fsp3) is 0.932. The Labute approximate surface area is 348 Å². The Morgan fingerprint density at radius 2 is 1.02 bits per heavy atom. The molecule has 2 heterocycles. The zero-order valence-electron chi connectivity index (χ0n) is 35.8. The van der Waals surface area contributed by atoms with Gasteiger partial charge in [-0.2, -0.15) is 0 Å². The third-order valence-corrected chi connectivity index (χ3v) is 11.0. The number of allylic oxidation sites excluding steroid dienone is 2. The van der Waals surface area contributed by atoms with Crippen molar-refractivity contribution in [2.75, 3.05) is 33.0 Å². The summed E-state index contributed by atoms with van der Waals surface area (Å²) in [6.45, 7) is 3.55. The van der Waals surface area contributed by atoms with Crippen molar-refractivity contribution in [2.24, 2.45) is 0 Å². The number of carbonyl (C=O) groups is 1. The average molecular weight is 835 g/mol. The van der Waals surface area contributed by atoms with Crippen LogP contribution < -0.4 is 0 Å². The second kappa shape index (κ2) is 33.4. The van der Waals surface area contributed by atoms with Crippen LogP contribution in [0.25, 0.3) is 0 Å². The molecule has 2 aliphatic rings. The van der Waals surface area contributed by atoms with Gasteiger partial charge in [0.1, 0.15) is 54.9 Å². The molecule has 2 rings (SSSR count). The van der Waals surface area contributed by atoms with Crippen molar-refractivity contribution in [1.82, 2.24) is 0 Å². The molecule has 2 saturated heterocycles. The average Bonchev–Trinajstić information content (AvgIpc) is 3.22. The Kier molecular flexibility index (Phi) is 30.4. The van der Waals surface area contributed by atoms with Crippen molar-refractivity contribution < 1.29 is 69.0 Å².